The molecule has 0 saturated carbocycles. The lowest BCUT2D eigenvalue weighted by Crippen LogP contribution is -2.29. The second-order valence-corrected chi connectivity index (χ2v) is 7.94. The SMILES string of the molecule is CN(C)c1ccc(C2/C(=C(/O)c3cccc(Cl)c3)C(=O)C(=O)N2c2ccccc2)cc1. The predicted octanol–water partition coefficient (Wildman–Crippen LogP) is 5.03. The molecular formula is C25H21ClN2O3. The van der Waals surface area contributed by atoms with Gasteiger partial charge in [-0.2, -0.15) is 0 Å². The zero-order valence-corrected chi connectivity index (χ0v) is 17.9. The lowest BCUT2D eigenvalue weighted by molar-refractivity contribution is -0.132. The number of carbonyl (C=O) groups is 2. The molecule has 1 unspecified atom stereocenters. The summed E-state index contributed by atoms with van der Waals surface area (Å²) in [4.78, 5) is 29.6. The smallest absolute Gasteiger partial charge is 0.300 e. The molecule has 0 spiro atoms. The molecule has 1 aliphatic heterocycles. The van der Waals surface area contributed by atoms with Crippen molar-refractivity contribution in [3.8, 4) is 0 Å². The summed E-state index contributed by atoms with van der Waals surface area (Å²) in [6.07, 6.45) is 0. The summed E-state index contributed by atoms with van der Waals surface area (Å²) in [7, 11) is 3.87. The van der Waals surface area contributed by atoms with E-state index in [1.165, 1.54) is 4.90 Å². The Morgan fingerprint density at radius 3 is 2.23 bits per heavy atom. The fourth-order valence-corrected chi connectivity index (χ4v) is 3.94. The summed E-state index contributed by atoms with van der Waals surface area (Å²) < 4.78 is 0. The number of para-hydroxylation sites is 1. The quantitative estimate of drug-likeness (QED) is 0.357. The first-order valence-electron chi connectivity index (χ1n) is 9.78. The first-order chi connectivity index (χ1) is 14.9. The standard InChI is InChI=1S/C25H21ClN2O3/c1-27(2)19-13-11-16(12-14-19)22-21(23(29)17-7-6-8-18(26)15-17)24(30)25(31)28(22)20-9-4-3-5-10-20/h3-15,22,29H,1-2H3/b23-21-. The third-order valence-electron chi connectivity index (χ3n) is 5.30. The Morgan fingerprint density at radius 1 is 0.935 bits per heavy atom. The highest BCUT2D eigenvalue weighted by Crippen LogP contribution is 2.42. The molecule has 3 aromatic carbocycles. The van der Waals surface area contributed by atoms with Crippen molar-refractivity contribution in [1.82, 2.24) is 0 Å². The van der Waals surface area contributed by atoms with E-state index in [9.17, 15) is 14.7 Å². The minimum atomic E-state index is -0.766. The van der Waals surface area contributed by atoms with Gasteiger partial charge in [0.15, 0.2) is 0 Å². The zero-order chi connectivity index (χ0) is 22.1. The number of nitrogens with zero attached hydrogens (tertiary/aromatic N) is 2. The number of amides is 1. The van der Waals surface area contributed by atoms with E-state index in [1.807, 2.05) is 49.3 Å². The van der Waals surface area contributed by atoms with Gasteiger partial charge in [0.25, 0.3) is 11.7 Å². The highest BCUT2D eigenvalue weighted by Gasteiger charge is 2.46. The van der Waals surface area contributed by atoms with E-state index < -0.39 is 17.7 Å². The molecule has 0 aliphatic carbocycles. The van der Waals surface area contributed by atoms with E-state index >= 15 is 0 Å². The van der Waals surface area contributed by atoms with Crippen LogP contribution in [0.25, 0.3) is 5.76 Å². The molecule has 5 nitrogen and oxygen atoms in total. The van der Waals surface area contributed by atoms with Crippen molar-refractivity contribution < 1.29 is 14.7 Å². The van der Waals surface area contributed by atoms with E-state index in [1.54, 1.807) is 48.5 Å². The highest BCUT2D eigenvalue weighted by atomic mass is 35.5. The van der Waals surface area contributed by atoms with Gasteiger partial charge >= 0.3 is 0 Å². The number of aliphatic hydroxyl groups is 1. The number of Topliss-reactive ketones (excluding diaryl/α,β-unsaturated/α-hetero) is 1. The van der Waals surface area contributed by atoms with Gasteiger partial charge in [0.05, 0.1) is 11.6 Å². The summed E-state index contributed by atoms with van der Waals surface area (Å²) in [6, 6.07) is 22.4. The molecule has 6 heteroatoms. The van der Waals surface area contributed by atoms with Crippen LogP contribution in [0, 0.1) is 0 Å². The maximum atomic E-state index is 13.1. The molecule has 1 N–H and O–H groups in total. The van der Waals surface area contributed by atoms with Crippen molar-refractivity contribution in [2.75, 3.05) is 23.9 Å². The predicted molar refractivity (Wildman–Crippen MR) is 123 cm³/mol. The number of hydrogen-bond acceptors (Lipinski definition) is 4. The van der Waals surface area contributed by atoms with Crippen molar-refractivity contribution in [1.29, 1.82) is 0 Å². The maximum absolute atomic E-state index is 13.1. The molecule has 0 aromatic heterocycles. The maximum Gasteiger partial charge on any atom is 0.300 e. The minimum Gasteiger partial charge on any atom is -0.507 e. The average molecular weight is 433 g/mol. The summed E-state index contributed by atoms with van der Waals surface area (Å²) in [5, 5.41) is 11.5. The van der Waals surface area contributed by atoms with Crippen molar-refractivity contribution in [2.24, 2.45) is 0 Å². The van der Waals surface area contributed by atoms with Gasteiger partial charge in [-0.05, 0) is 42.0 Å². The Labute approximate surface area is 185 Å². The van der Waals surface area contributed by atoms with Crippen LogP contribution in [0.4, 0.5) is 11.4 Å². The molecule has 4 rings (SSSR count). The van der Waals surface area contributed by atoms with Gasteiger partial charge in [-0.1, -0.05) is 54.1 Å². The van der Waals surface area contributed by atoms with Crippen LogP contribution in [0.15, 0.2) is 84.4 Å². The first-order valence-corrected chi connectivity index (χ1v) is 10.2. The number of ketones is 1. The number of carbonyl (C=O) groups excluding carboxylic acids is 2. The van der Waals surface area contributed by atoms with Crippen LogP contribution in [-0.4, -0.2) is 30.9 Å². The Balaban J connectivity index is 1.93. The molecule has 0 radical (unpaired) electrons. The Kier molecular flexibility index (Phi) is 5.53. The molecule has 1 heterocycles. The minimum absolute atomic E-state index is 0.0359. The molecule has 3 aromatic rings. The molecule has 0 bridgehead atoms. The van der Waals surface area contributed by atoms with Gasteiger partial charge in [-0.25, -0.2) is 0 Å². The molecule has 1 aliphatic rings. The third kappa shape index (κ3) is 3.80. The van der Waals surface area contributed by atoms with E-state index in [-0.39, 0.29) is 11.3 Å². The van der Waals surface area contributed by atoms with Crippen LogP contribution in [0.1, 0.15) is 17.2 Å². The van der Waals surface area contributed by atoms with Crippen LogP contribution in [0.2, 0.25) is 5.02 Å². The molecule has 1 fully saturated rings. The lowest BCUT2D eigenvalue weighted by Gasteiger charge is -2.26. The van der Waals surface area contributed by atoms with E-state index in [0.717, 1.165) is 11.3 Å². The van der Waals surface area contributed by atoms with Gasteiger partial charge in [0.2, 0.25) is 0 Å². The molecule has 1 saturated heterocycles. The number of benzene rings is 3. The van der Waals surface area contributed by atoms with E-state index in [2.05, 4.69) is 0 Å². The number of rotatable bonds is 4. The zero-order valence-electron chi connectivity index (χ0n) is 17.1. The summed E-state index contributed by atoms with van der Waals surface area (Å²) in [5.74, 6) is -1.67. The molecule has 1 amide bonds. The normalized spacial score (nSPS) is 17.8. The van der Waals surface area contributed by atoms with Crippen molar-refractivity contribution in [3.05, 3.63) is 101 Å². The first kappa shape index (κ1) is 20.7. The molecule has 1 atom stereocenters. The highest BCUT2D eigenvalue weighted by molar-refractivity contribution is 6.51. The van der Waals surface area contributed by atoms with Gasteiger partial charge in [0, 0.05) is 36.1 Å². The lowest BCUT2D eigenvalue weighted by atomic mass is 9.95. The van der Waals surface area contributed by atoms with Gasteiger partial charge in [-0.3, -0.25) is 14.5 Å². The van der Waals surface area contributed by atoms with Crippen LogP contribution in [0.3, 0.4) is 0 Å². The van der Waals surface area contributed by atoms with Gasteiger partial charge in [0.1, 0.15) is 5.76 Å². The summed E-state index contributed by atoms with van der Waals surface area (Å²) in [6.45, 7) is 0. The van der Waals surface area contributed by atoms with Crippen molar-refractivity contribution in [3.63, 3.8) is 0 Å². The second-order valence-electron chi connectivity index (χ2n) is 7.50. The summed E-state index contributed by atoms with van der Waals surface area (Å²) in [5.41, 5.74) is 2.70. The molecule has 156 valence electrons. The number of hydrogen-bond donors (Lipinski definition) is 1. The van der Waals surface area contributed by atoms with Crippen molar-refractivity contribution in [2.45, 2.75) is 6.04 Å². The summed E-state index contributed by atoms with van der Waals surface area (Å²) >= 11 is 6.09. The Hall–Kier alpha value is -3.57. The van der Waals surface area contributed by atoms with Crippen LogP contribution in [-0.2, 0) is 9.59 Å². The van der Waals surface area contributed by atoms with Crippen LogP contribution in [0.5, 0.6) is 0 Å². The largest absolute Gasteiger partial charge is 0.507 e. The van der Waals surface area contributed by atoms with Crippen LogP contribution < -0.4 is 9.80 Å². The Morgan fingerprint density at radius 2 is 1.61 bits per heavy atom. The third-order valence-corrected chi connectivity index (χ3v) is 5.54. The topological polar surface area (TPSA) is 60.9 Å². The molecule has 31 heavy (non-hydrogen) atoms. The fraction of sp³-hybridized carbons (Fsp3) is 0.120. The second kappa shape index (κ2) is 8.28. The van der Waals surface area contributed by atoms with Crippen molar-refractivity contribution >= 4 is 40.4 Å². The number of anilines is 2. The monoisotopic (exact) mass is 432 g/mol. The van der Waals surface area contributed by atoms with Gasteiger partial charge < -0.3 is 10.0 Å². The van der Waals surface area contributed by atoms with Gasteiger partial charge in [-0.15, -0.1) is 0 Å². The van der Waals surface area contributed by atoms with E-state index in [0.29, 0.717) is 16.3 Å². The Bertz CT molecular complexity index is 1170. The molecular weight excluding hydrogens is 412 g/mol. The van der Waals surface area contributed by atoms with E-state index in [4.69, 9.17) is 11.6 Å². The van der Waals surface area contributed by atoms with Crippen LogP contribution >= 0.6 is 11.6 Å². The fourth-order valence-electron chi connectivity index (χ4n) is 3.75. The number of aliphatic hydroxyl groups excluding tert-OH is 1. The number of halogens is 1. The average Bonchev–Trinajstić information content (AvgIpc) is 3.04.